The second-order valence-electron chi connectivity index (χ2n) is 4.51. The van der Waals surface area contributed by atoms with Crippen LogP contribution in [0.2, 0.25) is 0 Å². The van der Waals surface area contributed by atoms with E-state index in [2.05, 4.69) is 10.2 Å². The first-order valence-electron chi connectivity index (χ1n) is 6.17. The lowest BCUT2D eigenvalue weighted by Gasteiger charge is -2.08. The summed E-state index contributed by atoms with van der Waals surface area (Å²) >= 11 is 0. The predicted molar refractivity (Wildman–Crippen MR) is 70.7 cm³/mol. The van der Waals surface area contributed by atoms with Gasteiger partial charge >= 0.3 is 0 Å². The summed E-state index contributed by atoms with van der Waals surface area (Å²) in [6.45, 7) is 5.48. The number of halogens is 1. The molecular formula is C15H15FN2O. The van der Waals surface area contributed by atoms with Crippen LogP contribution in [0.3, 0.4) is 0 Å². The molecule has 2 aromatic rings. The van der Waals surface area contributed by atoms with Gasteiger partial charge in [0.1, 0.15) is 5.82 Å². The van der Waals surface area contributed by atoms with Crippen molar-refractivity contribution in [3.8, 4) is 0 Å². The fourth-order valence-corrected chi connectivity index (χ4v) is 1.93. The van der Waals surface area contributed by atoms with Gasteiger partial charge in [0.05, 0.1) is 17.0 Å². The van der Waals surface area contributed by atoms with Gasteiger partial charge in [-0.1, -0.05) is 18.6 Å². The Morgan fingerprint density at radius 1 is 1.16 bits per heavy atom. The van der Waals surface area contributed by atoms with E-state index >= 15 is 0 Å². The Hall–Kier alpha value is -2.10. The molecule has 0 unspecified atom stereocenters. The molecule has 0 bridgehead atoms. The molecular weight excluding hydrogens is 243 g/mol. The summed E-state index contributed by atoms with van der Waals surface area (Å²) in [6, 6.07) is 6.18. The fourth-order valence-electron chi connectivity index (χ4n) is 1.93. The summed E-state index contributed by atoms with van der Waals surface area (Å²) in [7, 11) is 0. The molecule has 0 atom stereocenters. The minimum atomic E-state index is -0.507. The molecule has 1 aromatic carbocycles. The molecule has 0 saturated heterocycles. The van der Waals surface area contributed by atoms with Gasteiger partial charge in [-0.25, -0.2) is 4.39 Å². The van der Waals surface area contributed by atoms with Gasteiger partial charge in [-0.3, -0.25) is 4.79 Å². The number of nitrogens with zero attached hydrogens (tertiary/aromatic N) is 2. The van der Waals surface area contributed by atoms with Crippen molar-refractivity contribution in [3.63, 3.8) is 0 Å². The molecule has 3 nitrogen and oxygen atoms in total. The first-order chi connectivity index (χ1) is 9.02. The number of hydrogen-bond donors (Lipinski definition) is 0. The summed E-state index contributed by atoms with van der Waals surface area (Å²) in [6.07, 6.45) is 0.585. The van der Waals surface area contributed by atoms with Crippen molar-refractivity contribution in [1.29, 1.82) is 0 Å². The Balaban J connectivity index is 2.55. The van der Waals surface area contributed by atoms with Gasteiger partial charge in [0, 0.05) is 5.56 Å². The highest BCUT2D eigenvalue weighted by Gasteiger charge is 2.18. The lowest BCUT2D eigenvalue weighted by Crippen LogP contribution is -2.11. The van der Waals surface area contributed by atoms with Gasteiger partial charge in [-0.2, -0.15) is 10.2 Å². The maximum atomic E-state index is 13.8. The molecule has 0 spiro atoms. The Bertz CT molecular complexity index is 638. The van der Waals surface area contributed by atoms with Crippen LogP contribution in [0.5, 0.6) is 0 Å². The monoisotopic (exact) mass is 258 g/mol. The second kappa shape index (κ2) is 5.26. The van der Waals surface area contributed by atoms with Crippen molar-refractivity contribution in [2.75, 3.05) is 0 Å². The SMILES string of the molecule is CCc1nnc(C)cc1C(=O)c1cc(C)ccc1F. The molecule has 2 rings (SSSR count). The molecule has 0 aliphatic carbocycles. The highest BCUT2D eigenvalue weighted by molar-refractivity contribution is 6.10. The van der Waals surface area contributed by atoms with Gasteiger partial charge in [0.2, 0.25) is 0 Å². The fraction of sp³-hybridized carbons (Fsp3) is 0.267. The quantitative estimate of drug-likeness (QED) is 0.795. The number of aromatic nitrogens is 2. The van der Waals surface area contributed by atoms with Crippen molar-refractivity contribution < 1.29 is 9.18 Å². The Labute approximate surface area is 111 Å². The summed E-state index contributed by atoms with van der Waals surface area (Å²) < 4.78 is 13.8. The predicted octanol–water partition coefficient (Wildman–Crippen LogP) is 3.03. The van der Waals surface area contributed by atoms with Crippen LogP contribution in [0.4, 0.5) is 4.39 Å². The third-order valence-electron chi connectivity index (χ3n) is 2.94. The van der Waals surface area contributed by atoms with Crippen LogP contribution >= 0.6 is 0 Å². The topological polar surface area (TPSA) is 42.9 Å². The van der Waals surface area contributed by atoms with Crippen LogP contribution in [-0.2, 0) is 6.42 Å². The summed E-state index contributed by atoms with van der Waals surface area (Å²) in [4.78, 5) is 12.4. The van der Waals surface area contributed by atoms with E-state index in [0.29, 0.717) is 23.4 Å². The summed E-state index contributed by atoms with van der Waals surface area (Å²) in [5.74, 6) is -0.844. The number of carbonyl (C=O) groups excluding carboxylic acids is 1. The molecule has 19 heavy (non-hydrogen) atoms. The maximum absolute atomic E-state index is 13.8. The smallest absolute Gasteiger partial charge is 0.197 e. The van der Waals surface area contributed by atoms with Crippen molar-refractivity contribution in [2.45, 2.75) is 27.2 Å². The molecule has 1 aromatic heterocycles. The summed E-state index contributed by atoms with van der Waals surface area (Å²) in [5, 5.41) is 7.93. The van der Waals surface area contributed by atoms with Gasteiger partial charge < -0.3 is 0 Å². The Kier molecular flexibility index (Phi) is 3.69. The molecule has 98 valence electrons. The Morgan fingerprint density at radius 2 is 1.89 bits per heavy atom. The number of benzene rings is 1. The first kappa shape index (κ1) is 13.3. The van der Waals surface area contributed by atoms with Crippen LogP contribution in [0.1, 0.15) is 39.8 Å². The lowest BCUT2D eigenvalue weighted by molar-refractivity contribution is 0.103. The van der Waals surface area contributed by atoms with E-state index in [-0.39, 0.29) is 11.3 Å². The zero-order valence-corrected chi connectivity index (χ0v) is 11.2. The van der Waals surface area contributed by atoms with E-state index in [4.69, 9.17) is 0 Å². The number of hydrogen-bond acceptors (Lipinski definition) is 3. The molecule has 0 fully saturated rings. The molecule has 0 saturated carbocycles. The van der Waals surface area contributed by atoms with Crippen molar-refractivity contribution in [1.82, 2.24) is 10.2 Å². The van der Waals surface area contributed by atoms with E-state index in [0.717, 1.165) is 5.56 Å². The number of carbonyl (C=O) groups is 1. The minimum absolute atomic E-state index is 0.0853. The number of aryl methyl sites for hydroxylation is 3. The molecule has 0 radical (unpaired) electrons. The van der Waals surface area contributed by atoms with E-state index in [1.807, 2.05) is 13.8 Å². The van der Waals surface area contributed by atoms with Crippen LogP contribution in [0, 0.1) is 19.7 Å². The van der Waals surface area contributed by atoms with E-state index in [1.165, 1.54) is 6.07 Å². The largest absolute Gasteiger partial charge is 0.288 e. The molecule has 1 heterocycles. The van der Waals surface area contributed by atoms with Gasteiger partial charge in [-0.15, -0.1) is 0 Å². The number of ketones is 1. The Morgan fingerprint density at radius 3 is 2.58 bits per heavy atom. The number of rotatable bonds is 3. The van der Waals surface area contributed by atoms with Crippen LogP contribution in [0.25, 0.3) is 0 Å². The third-order valence-corrected chi connectivity index (χ3v) is 2.94. The van der Waals surface area contributed by atoms with Gasteiger partial charge in [0.15, 0.2) is 5.78 Å². The van der Waals surface area contributed by atoms with Crippen LogP contribution in [-0.4, -0.2) is 16.0 Å². The third kappa shape index (κ3) is 2.67. The molecule has 4 heteroatoms. The zero-order valence-electron chi connectivity index (χ0n) is 11.2. The average molecular weight is 258 g/mol. The van der Waals surface area contributed by atoms with E-state index in [1.54, 1.807) is 25.1 Å². The lowest BCUT2D eigenvalue weighted by atomic mass is 9.99. The minimum Gasteiger partial charge on any atom is -0.288 e. The first-order valence-corrected chi connectivity index (χ1v) is 6.17. The molecule has 0 aliphatic rings. The van der Waals surface area contributed by atoms with Crippen LogP contribution < -0.4 is 0 Å². The zero-order chi connectivity index (χ0) is 14.0. The van der Waals surface area contributed by atoms with Gasteiger partial charge in [-0.05, 0) is 38.5 Å². The van der Waals surface area contributed by atoms with Crippen molar-refractivity contribution in [3.05, 3.63) is 58.2 Å². The highest BCUT2D eigenvalue weighted by atomic mass is 19.1. The average Bonchev–Trinajstić information content (AvgIpc) is 2.40. The maximum Gasteiger partial charge on any atom is 0.197 e. The van der Waals surface area contributed by atoms with Crippen molar-refractivity contribution in [2.24, 2.45) is 0 Å². The normalized spacial score (nSPS) is 10.5. The van der Waals surface area contributed by atoms with Crippen LogP contribution in [0.15, 0.2) is 24.3 Å². The summed E-state index contributed by atoms with van der Waals surface area (Å²) in [5.41, 5.74) is 2.60. The van der Waals surface area contributed by atoms with Gasteiger partial charge in [0.25, 0.3) is 0 Å². The van der Waals surface area contributed by atoms with E-state index < -0.39 is 5.82 Å². The van der Waals surface area contributed by atoms with E-state index in [9.17, 15) is 9.18 Å². The molecule has 0 N–H and O–H groups in total. The molecule has 0 aliphatic heterocycles. The standard InChI is InChI=1S/C15H15FN2O/c1-4-14-12(8-10(3)17-18-14)15(19)11-7-9(2)5-6-13(11)16/h5-8H,4H2,1-3H3. The second-order valence-corrected chi connectivity index (χ2v) is 4.51. The highest BCUT2D eigenvalue weighted by Crippen LogP contribution is 2.18. The molecule has 0 amide bonds. The van der Waals surface area contributed by atoms with Crippen molar-refractivity contribution >= 4 is 5.78 Å².